The minimum atomic E-state index is -1.30. The van der Waals surface area contributed by atoms with E-state index in [0.717, 1.165) is 24.0 Å². The molecule has 2 heteroatoms. The smallest absolute Gasteiger partial charge is 0.190 e. The van der Waals surface area contributed by atoms with E-state index in [1.54, 1.807) is 0 Å². The standard InChI is InChI=1S/C10H18OSi/c1-8-4-5-9-7-11-12(2,3)10(9)6-8/h4-5,8-10H,6-7H2,1-3H3/t8?,9-,10+/m1/s1. The highest BCUT2D eigenvalue weighted by Crippen LogP contribution is 2.45. The van der Waals surface area contributed by atoms with Crippen LogP contribution in [0, 0.1) is 11.8 Å². The quantitative estimate of drug-likeness (QED) is 0.413. The van der Waals surface area contributed by atoms with Gasteiger partial charge in [-0.3, -0.25) is 0 Å². The molecule has 0 aromatic heterocycles. The molecule has 1 fully saturated rings. The number of allylic oxidation sites excluding steroid dienone is 1. The molecule has 0 radical (unpaired) electrons. The van der Waals surface area contributed by atoms with E-state index in [1.165, 1.54) is 6.42 Å². The predicted molar refractivity (Wildman–Crippen MR) is 53.6 cm³/mol. The van der Waals surface area contributed by atoms with Crippen LogP contribution in [0.4, 0.5) is 0 Å². The Morgan fingerprint density at radius 1 is 1.33 bits per heavy atom. The third-order valence-corrected chi connectivity index (χ3v) is 6.73. The summed E-state index contributed by atoms with van der Waals surface area (Å²) in [6.45, 7) is 8.04. The van der Waals surface area contributed by atoms with E-state index in [0.29, 0.717) is 0 Å². The van der Waals surface area contributed by atoms with Crippen LogP contribution in [0.5, 0.6) is 0 Å². The molecule has 1 aliphatic carbocycles. The monoisotopic (exact) mass is 182 g/mol. The molecule has 0 aromatic carbocycles. The van der Waals surface area contributed by atoms with Crippen molar-refractivity contribution in [3.8, 4) is 0 Å². The van der Waals surface area contributed by atoms with Crippen molar-refractivity contribution < 1.29 is 4.43 Å². The van der Waals surface area contributed by atoms with Crippen molar-refractivity contribution >= 4 is 8.32 Å². The Bertz CT molecular complexity index is 210. The van der Waals surface area contributed by atoms with Crippen LogP contribution in [0.25, 0.3) is 0 Å². The lowest BCUT2D eigenvalue weighted by molar-refractivity contribution is 0.320. The number of rotatable bonds is 0. The largest absolute Gasteiger partial charge is 0.416 e. The summed E-state index contributed by atoms with van der Waals surface area (Å²) in [6.07, 6.45) is 6.11. The Morgan fingerprint density at radius 2 is 2.08 bits per heavy atom. The summed E-state index contributed by atoms with van der Waals surface area (Å²) in [4.78, 5) is 0. The van der Waals surface area contributed by atoms with E-state index in [2.05, 4.69) is 32.2 Å². The lowest BCUT2D eigenvalue weighted by atomic mass is 9.90. The second-order valence-electron chi connectivity index (χ2n) is 4.78. The Labute approximate surface area is 75.9 Å². The maximum Gasteiger partial charge on any atom is 0.190 e. The van der Waals surface area contributed by atoms with E-state index in [-0.39, 0.29) is 0 Å². The van der Waals surface area contributed by atoms with Gasteiger partial charge in [-0.05, 0) is 31.0 Å². The second-order valence-corrected chi connectivity index (χ2v) is 9.02. The highest BCUT2D eigenvalue weighted by atomic mass is 28.4. The van der Waals surface area contributed by atoms with Gasteiger partial charge in [0.2, 0.25) is 0 Å². The maximum absolute atomic E-state index is 5.92. The predicted octanol–water partition coefficient (Wildman–Crippen LogP) is 2.80. The average molecular weight is 182 g/mol. The van der Waals surface area contributed by atoms with Crippen molar-refractivity contribution in [2.24, 2.45) is 11.8 Å². The first-order chi connectivity index (χ1) is 5.59. The summed E-state index contributed by atoms with van der Waals surface area (Å²) in [6, 6.07) is 0. The fourth-order valence-electron chi connectivity index (χ4n) is 2.51. The van der Waals surface area contributed by atoms with E-state index < -0.39 is 8.32 Å². The number of hydrogen-bond acceptors (Lipinski definition) is 1. The van der Waals surface area contributed by atoms with Crippen molar-refractivity contribution in [3.05, 3.63) is 12.2 Å². The first kappa shape index (κ1) is 8.51. The van der Waals surface area contributed by atoms with Crippen molar-refractivity contribution in [3.63, 3.8) is 0 Å². The van der Waals surface area contributed by atoms with Crippen molar-refractivity contribution in [1.82, 2.24) is 0 Å². The summed E-state index contributed by atoms with van der Waals surface area (Å²) in [5.74, 6) is 1.53. The molecule has 1 aliphatic heterocycles. The molecule has 3 atom stereocenters. The Balaban J connectivity index is 2.20. The molecule has 2 rings (SSSR count). The third kappa shape index (κ3) is 1.27. The summed E-state index contributed by atoms with van der Waals surface area (Å²) in [7, 11) is -1.30. The lowest BCUT2D eigenvalue weighted by Crippen LogP contribution is -2.33. The van der Waals surface area contributed by atoms with Gasteiger partial charge < -0.3 is 4.43 Å². The molecular weight excluding hydrogens is 164 g/mol. The fraction of sp³-hybridized carbons (Fsp3) is 0.800. The van der Waals surface area contributed by atoms with Crippen molar-refractivity contribution in [2.45, 2.75) is 32.0 Å². The molecule has 1 heterocycles. The molecule has 0 bridgehead atoms. The first-order valence-electron chi connectivity index (χ1n) is 4.92. The molecule has 0 saturated carbocycles. The van der Waals surface area contributed by atoms with Gasteiger partial charge in [-0.25, -0.2) is 0 Å². The van der Waals surface area contributed by atoms with Crippen molar-refractivity contribution in [1.29, 1.82) is 0 Å². The maximum atomic E-state index is 5.92. The molecule has 0 aromatic rings. The third-order valence-electron chi connectivity index (χ3n) is 3.37. The zero-order valence-corrected chi connectivity index (χ0v) is 9.21. The minimum Gasteiger partial charge on any atom is -0.416 e. The van der Waals surface area contributed by atoms with Gasteiger partial charge in [0.1, 0.15) is 0 Å². The van der Waals surface area contributed by atoms with Crippen LogP contribution in [0.15, 0.2) is 12.2 Å². The van der Waals surface area contributed by atoms with E-state index in [9.17, 15) is 0 Å². The minimum absolute atomic E-state index is 0.753. The molecule has 68 valence electrons. The zero-order valence-electron chi connectivity index (χ0n) is 8.21. The summed E-state index contributed by atoms with van der Waals surface area (Å²) in [5.41, 5.74) is 0.887. The first-order valence-corrected chi connectivity index (χ1v) is 7.90. The molecule has 0 amide bonds. The van der Waals surface area contributed by atoms with Gasteiger partial charge in [-0.1, -0.05) is 19.1 Å². The molecule has 1 unspecified atom stereocenters. The number of hydrogen-bond donors (Lipinski definition) is 0. The highest BCUT2D eigenvalue weighted by Gasteiger charge is 2.45. The van der Waals surface area contributed by atoms with Gasteiger partial charge >= 0.3 is 0 Å². The van der Waals surface area contributed by atoms with Gasteiger partial charge in [-0.15, -0.1) is 0 Å². The molecule has 12 heavy (non-hydrogen) atoms. The van der Waals surface area contributed by atoms with Gasteiger partial charge in [0, 0.05) is 12.5 Å². The van der Waals surface area contributed by atoms with Crippen LogP contribution in [0.2, 0.25) is 18.6 Å². The fourth-order valence-corrected chi connectivity index (χ4v) is 5.52. The second kappa shape index (κ2) is 2.71. The Hall–Kier alpha value is -0.0831. The normalized spacial score (nSPS) is 44.4. The summed E-state index contributed by atoms with van der Waals surface area (Å²) < 4.78 is 5.92. The molecule has 1 saturated heterocycles. The van der Waals surface area contributed by atoms with Crippen LogP contribution < -0.4 is 0 Å². The summed E-state index contributed by atoms with van der Waals surface area (Å²) >= 11 is 0. The topological polar surface area (TPSA) is 9.23 Å². The van der Waals surface area contributed by atoms with E-state index in [4.69, 9.17) is 4.43 Å². The van der Waals surface area contributed by atoms with Gasteiger partial charge in [-0.2, -0.15) is 0 Å². The molecular formula is C10H18OSi. The van der Waals surface area contributed by atoms with Crippen LogP contribution in [-0.2, 0) is 4.43 Å². The highest BCUT2D eigenvalue weighted by molar-refractivity contribution is 6.73. The van der Waals surface area contributed by atoms with Gasteiger partial charge in [0.05, 0.1) is 0 Å². The van der Waals surface area contributed by atoms with Crippen LogP contribution >= 0.6 is 0 Å². The zero-order chi connectivity index (χ0) is 8.77. The molecule has 0 N–H and O–H groups in total. The van der Waals surface area contributed by atoms with Crippen LogP contribution in [0.1, 0.15) is 13.3 Å². The number of fused-ring (bicyclic) bond motifs is 1. The van der Waals surface area contributed by atoms with Gasteiger partial charge in [0.15, 0.2) is 8.32 Å². The lowest BCUT2D eigenvalue weighted by Gasteiger charge is -2.30. The Kier molecular flexibility index (Phi) is 1.92. The van der Waals surface area contributed by atoms with E-state index in [1.807, 2.05) is 0 Å². The molecule has 2 aliphatic rings. The van der Waals surface area contributed by atoms with E-state index >= 15 is 0 Å². The Morgan fingerprint density at radius 3 is 2.83 bits per heavy atom. The molecule has 1 nitrogen and oxygen atoms in total. The average Bonchev–Trinajstić information content (AvgIpc) is 2.28. The van der Waals surface area contributed by atoms with Gasteiger partial charge in [0.25, 0.3) is 0 Å². The van der Waals surface area contributed by atoms with Crippen LogP contribution in [0.3, 0.4) is 0 Å². The SMILES string of the molecule is CC1C=C[C@@H]2CO[Si](C)(C)[C@H]2C1. The van der Waals surface area contributed by atoms with Crippen molar-refractivity contribution in [2.75, 3.05) is 6.61 Å². The molecule has 0 spiro atoms. The van der Waals surface area contributed by atoms with Crippen LogP contribution in [-0.4, -0.2) is 14.9 Å². The summed E-state index contributed by atoms with van der Waals surface area (Å²) in [5, 5.41) is 0.